The van der Waals surface area contributed by atoms with E-state index in [1.807, 2.05) is 20.8 Å². The van der Waals surface area contributed by atoms with Gasteiger partial charge in [0.25, 0.3) is 0 Å². The fourth-order valence-electron chi connectivity index (χ4n) is 3.75. The van der Waals surface area contributed by atoms with Gasteiger partial charge in [0, 0.05) is 13.5 Å². The summed E-state index contributed by atoms with van der Waals surface area (Å²) in [4.78, 5) is 4.36. The van der Waals surface area contributed by atoms with Gasteiger partial charge in [-0.3, -0.25) is 0 Å². The molecule has 0 spiro atoms. The van der Waals surface area contributed by atoms with E-state index in [2.05, 4.69) is 4.99 Å². The molecule has 0 bridgehead atoms. The van der Waals surface area contributed by atoms with Crippen molar-refractivity contribution in [3.63, 3.8) is 0 Å². The molecule has 0 radical (unpaired) electrons. The lowest BCUT2D eigenvalue weighted by Crippen LogP contribution is -2.35. The predicted octanol–water partition coefficient (Wildman–Crippen LogP) is 6.03. The molecule has 202 valence electrons. The van der Waals surface area contributed by atoms with Crippen molar-refractivity contribution in [2.24, 2.45) is 10.4 Å². The van der Waals surface area contributed by atoms with E-state index < -0.39 is 93.5 Å². The highest BCUT2D eigenvalue weighted by atomic mass is 31.1. The molecular weight excluding hydrogens is 551 g/mol. The quantitative estimate of drug-likeness (QED) is 0.164. The number of rotatable bonds is 4. The van der Waals surface area contributed by atoms with E-state index in [1.165, 1.54) is 18.2 Å². The number of hydrogen-bond acceptors (Lipinski definition) is 2. The van der Waals surface area contributed by atoms with Gasteiger partial charge in [-0.1, -0.05) is 39.0 Å². The van der Waals surface area contributed by atoms with Crippen LogP contribution in [0.5, 0.6) is 0 Å². The van der Waals surface area contributed by atoms with Crippen molar-refractivity contribution < 1.29 is 48.6 Å². The van der Waals surface area contributed by atoms with Crippen molar-refractivity contribution in [2.75, 3.05) is 6.61 Å². The largest absolute Gasteiger partial charge is 0.475 e. The summed E-state index contributed by atoms with van der Waals surface area (Å²) in [5.74, 6) is -25.2. The zero-order valence-corrected chi connectivity index (χ0v) is 20.6. The van der Waals surface area contributed by atoms with Gasteiger partial charge < -0.3 is 4.74 Å². The van der Waals surface area contributed by atoms with Gasteiger partial charge in [0.05, 0.1) is 16.7 Å². The SMILES string of the molecule is CC(C)(C)[C@H]1COC(c2ccccc2P(c2c(F)c(F)c(F)c(F)c2F)c2c(F)c(F)c(F)c(F)c2F)=N1. The molecule has 1 aliphatic rings. The number of halogens is 10. The summed E-state index contributed by atoms with van der Waals surface area (Å²) in [5.41, 5.74) is -0.650. The van der Waals surface area contributed by atoms with E-state index in [0.717, 1.165) is 6.07 Å². The molecule has 0 amide bonds. The predicted molar refractivity (Wildman–Crippen MR) is 120 cm³/mol. The molecule has 0 aliphatic carbocycles. The van der Waals surface area contributed by atoms with Crippen molar-refractivity contribution in [1.82, 2.24) is 0 Å². The minimum absolute atomic E-state index is 0.0101. The molecule has 0 fully saturated rings. The standard InChI is InChI=1S/C25H16F10NOP/c1-25(2,3)11-8-37-24(36-11)9-6-4-5-7-10(9)38(22-18(32)14(28)12(26)15(29)19(22)33)23-20(34)16(30)13(27)17(31)21(23)35/h4-7,11H,8H2,1-3H3/t11-/m1/s1. The first-order chi connectivity index (χ1) is 17.7. The van der Waals surface area contributed by atoms with Crippen LogP contribution in [0, 0.1) is 63.6 Å². The molecule has 4 rings (SSSR count). The Bertz CT molecular complexity index is 1360. The van der Waals surface area contributed by atoms with Crippen LogP contribution in [0.3, 0.4) is 0 Å². The molecule has 1 aliphatic heterocycles. The lowest BCUT2D eigenvalue weighted by atomic mass is 9.88. The second-order valence-electron chi connectivity index (χ2n) is 9.32. The first-order valence-electron chi connectivity index (χ1n) is 10.8. The van der Waals surface area contributed by atoms with E-state index in [1.54, 1.807) is 0 Å². The summed E-state index contributed by atoms with van der Waals surface area (Å²) in [6, 6.07) is 4.27. The highest BCUT2D eigenvalue weighted by Gasteiger charge is 2.40. The van der Waals surface area contributed by atoms with Crippen molar-refractivity contribution in [1.29, 1.82) is 0 Å². The highest BCUT2D eigenvalue weighted by Crippen LogP contribution is 2.41. The van der Waals surface area contributed by atoms with Gasteiger partial charge in [-0.15, -0.1) is 0 Å². The summed E-state index contributed by atoms with van der Waals surface area (Å²) in [7, 11) is -3.65. The van der Waals surface area contributed by atoms with Crippen LogP contribution >= 0.6 is 7.92 Å². The van der Waals surface area contributed by atoms with Crippen LogP contribution < -0.4 is 15.9 Å². The van der Waals surface area contributed by atoms with Crippen LogP contribution in [0.2, 0.25) is 0 Å². The molecule has 38 heavy (non-hydrogen) atoms. The van der Waals surface area contributed by atoms with Crippen LogP contribution in [0.25, 0.3) is 0 Å². The van der Waals surface area contributed by atoms with E-state index in [0.29, 0.717) is 0 Å². The van der Waals surface area contributed by atoms with Crippen molar-refractivity contribution in [2.45, 2.75) is 26.8 Å². The summed E-state index contributed by atoms with van der Waals surface area (Å²) in [5, 5.41) is -4.06. The molecule has 0 saturated carbocycles. The van der Waals surface area contributed by atoms with Gasteiger partial charge in [0.15, 0.2) is 46.5 Å². The molecule has 2 nitrogen and oxygen atoms in total. The zero-order chi connectivity index (χ0) is 28.3. The monoisotopic (exact) mass is 567 g/mol. The zero-order valence-electron chi connectivity index (χ0n) is 19.7. The van der Waals surface area contributed by atoms with Crippen LogP contribution in [-0.4, -0.2) is 18.5 Å². The number of hydrogen-bond donors (Lipinski definition) is 0. The minimum Gasteiger partial charge on any atom is -0.475 e. The Labute approximate surface area is 210 Å². The Morgan fingerprint density at radius 1 is 0.658 bits per heavy atom. The number of ether oxygens (including phenoxy) is 1. The Hall–Kier alpha value is -3.14. The summed E-state index contributed by atoms with van der Waals surface area (Å²) in [6.45, 7) is 5.46. The third-order valence-corrected chi connectivity index (χ3v) is 8.40. The van der Waals surface area contributed by atoms with E-state index >= 15 is 17.6 Å². The average Bonchev–Trinajstić information content (AvgIpc) is 3.39. The van der Waals surface area contributed by atoms with Gasteiger partial charge >= 0.3 is 0 Å². The van der Waals surface area contributed by atoms with Crippen molar-refractivity contribution >= 4 is 29.7 Å². The molecule has 3 aromatic rings. The van der Waals surface area contributed by atoms with E-state index in [4.69, 9.17) is 4.74 Å². The Kier molecular flexibility index (Phi) is 7.24. The minimum atomic E-state index is -3.65. The maximum atomic E-state index is 15.0. The van der Waals surface area contributed by atoms with Crippen molar-refractivity contribution in [3.05, 3.63) is 88.0 Å². The Balaban J connectivity index is 2.13. The third kappa shape index (κ3) is 4.42. The lowest BCUT2D eigenvalue weighted by molar-refractivity contribution is 0.236. The fourth-order valence-corrected chi connectivity index (χ4v) is 6.28. The maximum absolute atomic E-state index is 15.0. The van der Waals surface area contributed by atoms with Gasteiger partial charge in [0.2, 0.25) is 17.5 Å². The van der Waals surface area contributed by atoms with E-state index in [9.17, 15) is 26.3 Å². The van der Waals surface area contributed by atoms with Crippen LogP contribution in [0.1, 0.15) is 26.3 Å². The fraction of sp³-hybridized carbons (Fsp3) is 0.240. The molecule has 1 atom stereocenters. The number of nitrogens with zero attached hydrogens (tertiary/aromatic N) is 1. The lowest BCUT2D eigenvalue weighted by Gasteiger charge is -2.24. The van der Waals surface area contributed by atoms with Gasteiger partial charge in [0.1, 0.15) is 6.61 Å². The summed E-state index contributed by atoms with van der Waals surface area (Å²) >= 11 is 0. The second kappa shape index (κ2) is 9.87. The van der Waals surface area contributed by atoms with E-state index in [-0.39, 0.29) is 18.1 Å². The van der Waals surface area contributed by atoms with Gasteiger partial charge in [-0.05, 0) is 16.8 Å². The van der Waals surface area contributed by atoms with Crippen molar-refractivity contribution in [3.8, 4) is 0 Å². The topological polar surface area (TPSA) is 21.6 Å². The number of benzene rings is 3. The average molecular weight is 567 g/mol. The first-order valence-corrected chi connectivity index (χ1v) is 12.2. The van der Waals surface area contributed by atoms with Crippen LogP contribution in [-0.2, 0) is 4.74 Å². The summed E-state index contributed by atoms with van der Waals surface area (Å²) in [6.07, 6.45) is 0. The third-order valence-electron chi connectivity index (χ3n) is 5.85. The molecule has 0 saturated heterocycles. The highest BCUT2D eigenvalue weighted by molar-refractivity contribution is 7.80. The van der Waals surface area contributed by atoms with Crippen LogP contribution in [0.4, 0.5) is 43.9 Å². The molecule has 1 heterocycles. The molecule has 0 unspecified atom stereocenters. The molecule has 3 aromatic carbocycles. The second-order valence-corrected chi connectivity index (χ2v) is 11.4. The molecule has 13 heteroatoms. The normalized spacial score (nSPS) is 15.7. The smallest absolute Gasteiger partial charge is 0.217 e. The summed E-state index contributed by atoms with van der Waals surface area (Å²) < 4.78 is 150. The van der Waals surface area contributed by atoms with Gasteiger partial charge in [-0.2, -0.15) is 0 Å². The first kappa shape index (κ1) is 27.9. The molecule has 0 N–H and O–H groups in total. The molecular formula is C25H16F10NOP. The Morgan fingerprint density at radius 3 is 1.45 bits per heavy atom. The Morgan fingerprint density at radius 2 is 1.05 bits per heavy atom. The van der Waals surface area contributed by atoms with Gasteiger partial charge in [-0.25, -0.2) is 48.9 Å². The van der Waals surface area contributed by atoms with Crippen LogP contribution in [0.15, 0.2) is 29.3 Å². The maximum Gasteiger partial charge on any atom is 0.217 e. The number of aliphatic imine (C=N–C) groups is 1. The molecule has 0 aromatic heterocycles.